The molecule has 0 atom stereocenters. The molecule has 0 aromatic heterocycles. The Balaban J connectivity index is 1.34. The number of fused-ring (bicyclic) bond motifs is 10. The van der Waals surface area contributed by atoms with Crippen LogP contribution in [0.15, 0.2) is 180 Å². The first-order valence-electron chi connectivity index (χ1n) is 17.1. The highest BCUT2D eigenvalue weighted by atomic mass is 32.2. The van der Waals surface area contributed by atoms with E-state index in [2.05, 4.69) is 189 Å². The summed E-state index contributed by atoms with van der Waals surface area (Å²) >= 11 is 1.91. The van der Waals surface area contributed by atoms with Crippen LogP contribution in [0.1, 0.15) is 47.2 Å². The van der Waals surface area contributed by atoms with Crippen molar-refractivity contribution in [1.29, 1.82) is 0 Å². The van der Waals surface area contributed by atoms with Gasteiger partial charge in [0.15, 0.2) is 8.80 Å². The molecule has 7 aromatic carbocycles. The topological polar surface area (TPSA) is 3.24 Å². The van der Waals surface area contributed by atoms with Gasteiger partial charge in [-0.05, 0) is 80.2 Å². The Bertz CT molecular complexity index is 2330. The van der Waals surface area contributed by atoms with Gasteiger partial charge in [-0.1, -0.05) is 164 Å². The van der Waals surface area contributed by atoms with Crippen LogP contribution in [-0.2, 0) is 10.8 Å². The molecule has 0 N–H and O–H groups in total. The van der Waals surface area contributed by atoms with Gasteiger partial charge in [-0.25, -0.2) is 0 Å². The van der Waals surface area contributed by atoms with E-state index in [1.165, 1.54) is 75.8 Å². The Labute approximate surface area is 294 Å². The van der Waals surface area contributed by atoms with Crippen molar-refractivity contribution in [3.63, 3.8) is 0 Å². The standard InChI is InChI=1S/C46H34NSSi/c1-45(2)33-18-6-11-23-39(33)47(40-24-12-7-19-34(40)45)31-28-29-44-38(30-31)46(35-20-8-13-25-41(35)48-42-26-14-9-21-36(42)46)37-22-10-15-27-43(37)49(44)32-16-4-3-5-17-32/h3-30H,1-2H3. The fraction of sp³-hybridized carbons (Fsp3) is 0.0870. The summed E-state index contributed by atoms with van der Waals surface area (Å²) in [5.74, 6) is 0. The van der Waals surface area contributed by atoms with Gasteiger partial charge in [-0.2, -0.15) is 0 Å². The van der Waals surface area contributed by atoms with Crippen LogP contribution in [-0.4, -0.2) is 8.80 Å². The van der Waals surface area contributed by atoms with E-state index in [1.54, 1.807) is 0 Å². The molecule has 49 heavy (non-hydrogen) atoms. The molecule has 3 heteroatoms. The molecule has 1 radical (unpaired) electrons. The number of nitrogens with zero attached hydrogens (tertiary/aromatic N) is 1. The second kappa shape index (κ2) is 10.7. The lowest BCUT2D eigenvalue weighted by Gasteiger charge is -2.48. The third-order valence-corrected chi connectivity index (χ3v) is 15.0. The highest BCUT2D eigenvalue weighted by Crippen LogP contribution is 2.57. The van der Waals surface area contributed by atoms with Crippen molar-refractivity contribution in [2.75, 3.05) is 4.90 Å². The summed E-state index contributed by atoms with van der Waals surface area (Å²) < 4.78 is 0. The maximum Gasteiger partial charge on any atom is 0.155 e. The second-order valence-electron chi connectivity index (χ2n) is 13.9. The molecule has 3 aliphatic heterocycles. The number of para-hydroxylation sites is 2. The summed E-state index contributed by atoms with van der Waals surface area (Å²) in [6.45, 7) is 4.73. The van der Waals surface area contributed by atoms with Crippen molar-refractivity contribution in [3.05, 3.63) is 203 Å². The Morgan fingerprint density at radius 1 is 0.449 bits per heavy atom. The van der Waals surface area contributed by atoms with Crippen molar-refractivity contribution in [3.8, 4) is 0 Å². The molecule has 0 saturated carbocycles. The van der Waals surface area contributed by atoms with Crippen LogP contribution in [0.25, 0.3) is 0 Å². The van der Waals surface area contributed by atoms with Crippen LogP contribution < -0.4 is 20.5 Å². The third kappa shape index (κ3) is 3.95. The Morgan fingerprint density at radius 3 is 1.57 bits per heavy atom. The van der Waals surface area contributed by atoms with Crippen LogP contribution in [0.5, 0.6) is 0 Å². The summed E-state index contributed by atoms with van der Waals surface area (Å²) in [5, 5.41) is 4.37. The van der Waals surface area contributed by atoms with E-state index in [-0.39, 0.29) is 5.41 Å². The van der Waals surface area contributed by atoms with Gasteiger partial charge in [0, 0.05) is 20.9 Å². The van der Waals surface area contributed by atoms with Crippen LogP contribution in [0.2, 0.25) is 0 Å². The average molecular weight is 661 g/mol. The minimum atomic E-state index is -1.33. The molecule has 1 spiro atoms. The maximum atomic E-state index is 2.56. The summed E-state index contributed by atoms with van der Waals surface area (Å²) in [4.78, 5) is 5.19. The fourth-order valence-electron chi connectivity index (χ4n) is 8.96. The molecule has 233 valence electrons. The van der Waals surface area contributed by atoms with Gasteiger partial charge < -0.3 is 4.90 Å². The molecular formula is C46H34NSSi. The van der Waals surface area contributed by atoms with Gasteiger partial charge in [0.25, 0.3) is 0 Å². The predicted molar refractivity (Wildman–Crippen MR) is 207 cm³/mol. The minimum Gasteiger partial charge on any atom is -0.310 e. The summed E-state index contributed by atoms with van der Waals surface area (Å²) in [5.41, 5.74) is 11.4. The molecular weight excluding hydrogens is 627 g/mol. The normalized spacial score (nSPS) is 16.1. The summed E-state index contributed by atoms with van der Waals surface area (Å²) in [7, 11) is -1.33. The van der Waals surface area contributed by atoms with E-state index in [1.807, 2.05) is 11.8 Å². The van der Waals surface area contributed by atoms with Crippen molar-refractivity contribution in [1.82, 2.24) is 0 Å². The van der Waals surface area contributed by atoms with E-state index in [0.717, 1.165) is 0 Å². The number of hydrogen-bond donors (Lipinski definition) is 0. The average Bonchev–Trinajstić information content (AvgIpc) is 3.15. The molecule has 10 rings (SSSR count). The Morgan fingerprint density at radius 2 is 0.939 bits per heavy atom. The molecule has 0 aliphatic carbocycles. The predicted octanol–water partition coefficient (Wildman–Crippen LogP) is 9.47. The maximum absolute atomic E-state index is 2.56. The van der Waals surface area contributed by atoms with Crippen molar-refractivity contribution in [2.24, 2.45) is 0 Å². The van der Waals surface area contributed by atoms with E-state index < -0.39 is 14.2 Å². The number of anilines is 3. The van der Waals surface area contributed by atoms with Gasteiger partial charge in [0.05, 0.1) is 16.8 Å². The van der Waals surface area contributed by atoms with Gasteiger partial charge >= 0.3 is 0 Å². The number of benzene rings is 7. The lowest BCUT2D eigenvalue weighted by atomic mass is 9.64. The quantitative estimate of drug-likeness (QED) is 0.170. The zero-order valence-electron chi connectivity index (χ0n) is 27.5. The number of rotatable bonds is 2. The molecule has 0 amide bonds. The monoisotopic (exact) mass is 660 g/mol. The van der Waals surface area contributed by atoms with Crippen molar-refractivity contribution >= 4 is 53.2 Å². The third-order valence-electron chi connectivity index (χ3n) is 11.0. The second-order valence-corrected chi connectivity index (χ2v) is 17.3. The van der Waals surface area contributed by atoms with Crippen molar-refractivity contribution < 1.29 is 0 Å². The van der Waals surface area contributed by atoms with Gasteiger partial charge in [0.1, 0.15) is 0 Å². The molecule has 0 bridgehead atoms. The summed E-state index contributed by atoms with van der Waals surface area (Å²) in [6, 6.07) is 64.3. The first-order valence-corrected chi connectivity index (χ1v) is 19.4. The first-order chi connectivity index (χ1) is 24.1. The highest BCUT2D eigenvalue weighted by Gasteiger charge is 2.51. The zero-order valence-corrected chi connectivity index (χ0v) is 29.3. The van der Waals surface area contributed by atoms with Crippen LogP contribution >= 0.6 is 11.8 Å². The van der Waals surface area contributed by atoms with E-state index >= 15 is 0 Å². The molecule has 3 heterocycles. The molecule has 7 aromatic rings. The van der Waals surface area contributed by atoms with Gasteiger partial charge in [-0.15, -0.1) is 0 Å². The number of hydrogen-bond acceptors (Lipinski definition) is 2. The molecule has 0 saturated heterocycles. The van der Waals surface area contributed by atoms with E-state index in [9.17, 15) is 0 Å². The molecule has 3 aliphatic rings. The van der Waals surface area contributed by atoms with Crippen molar-refractivity contribution in [2.45, 2.75) is 34.5 Å². The largest absolute Gasteiger partial charge is 0.310 e. The first kappa shape index (κ1) is 28.9. The Hall–Kier alpha value is -5.09. The van der Waals surface area contributed by atoms with Crippen LogP contribution in [0.3, 0.4) is 0 Å². The van der Waals surface area contributed by atoms with Crippen LogP contribution in [0.4, 0.5) is 17.1 Å². The summed E-state index contributed by atoms with van der Waals surface area (Å²) in [6.07, 6.45) is 0. The lowest BCUT2D eigenvalue weighted by Crippen LogP contribution is -2.62. The Kier molecular flexibility index (Phi) is 6.31. The van der Waals surface area contributed by atoms with E-state index in [4.69, 9.17) is 0 Å². The smallest absolute Gasteiger partial charge is 0.155 e. The molecule has 0 fully saturated rings. The fourth-order valence-corrected chi connectivity index (χ4v) is 13.2. The SMILES string of the molecule is CC1(C)c2ccccc2N(c2ccc3c(c2)C2(c4ccccc4Sc4ccccc42)c2ccccc2[Si]3c2ccccc2)c2ccccc21. The highest BCUT2D eigenvalue weighted by molar-refractivity contribution is 7.99. The van der Waals surface area contributed by atoms with Gasteiger partial charge in [-0.3, -0.25) is 0 Å². The molecule has 0 unspecified atom stereocenters. The zero-order chi connectivity index (χ0) is 32.7. The minimum absolute atomic E-state index is 0.111. The van der Waals surface area contributed by atoms with E-state index in [0.29, 0.717) is 0 Å². The van der Waals surface area contributed by atoms with Gasteiger partial charge in [0.2, 0.25) is 0 Å². The lowest BCUT2D eigenvalue weighted by molar-refractivity contribution is 0.632. The van der Waals surface area contributed by atoms with Crippen LogP contribution in [0, 0.1) is 0 Å². The molecule has 1 nitrogen and oxygen atoms in total.